The number of rotatable bonds is 6. The predicted octanol–water partition coefficient (Wildman–Crippen LogP) is 2.87. The van der Waals surface area contributed by atoms with Crippen LogP contribution in [0.25, 0.3) is 0 Å². The molecule has 3 rings (SSSR count). The standard InChI is InChI=1S/C19H22BrN3O4/c1-25-16-6-5-13(8-17(16)26-2)9-18(24)23-7-3-4-15(12-23)27-19-21-10-14(20)11-22-19/h5-6,8,10-11,15H,3-4,7,9,12H2,1-2H3. The maximum absolute atomic E-state index is 12.7. The van der Waals surface area contributed by atoms with E-state index in [0.29, 0.717) is 30.5 Å². The number of hydrogen-bond acceptors (Lipinski definition) is 6. The van der Waals surface area contributed by atoms with Gasteiger partial charge in [0.05, 0.1) is 31.7 Å². The fourth-order valence-electron chi connectivity index (χ4n) is 3.05. The highest BCUT2D eigenvalue weighted by Gasteiger charge is 2.25. The van der Waals surface area contributed by atoms with Crippen LogP contribution in [0.1, 0.15) is 18.4 Å². The van der Waals surface area contributed by atoms with Gasteiger partial charge in [-0.2, -0.15) is 0 Å². The lowest BCUT2D eigenvalue weighted by molar-refractivity contribution is -0.133. The minimum atomic E-state index is -0.103. The zero-order valence-electron chi connectivity index (χ0n) is 15.4. The van der Waals surface area contributed by atoms with E-state index in [-0.39, 0.29) is 12.0 Å². The average molecular weight is 436 g/mol. The summed E-state index contributed by atoms with van der Waals surface area (Å²) < 4.78 is 17.2. The number of halogens is 1. The quantitative estimate of drug-likeness (QED) is 0.694. The van der Waals surface area contributed by atoms with Gasteiger partial charge in [-0.3, -0.25) is 4.79 Å². The third-order valence-corrected chi connectivity index (χ3v) is 4.81. The maximum Gasteiger partial charge on any atom is 0.316 e. The number of amides is 1. The first kappa shape index (κ1) is 19.4. The lowest BCUT2D eigenvalue weighted by atomic mass is 10.1. The Balaban J connectivity index is 1.60. The fraction of sp³-hybridized carbons (Fsp3) is 0.421. The fourth-order valence-corrected chi connectivity index (χ4v) is 3.25. The molecule has 1 aliphatic rings. The predicted molar refractivity (Wildman–Crippen MR) is 103 cm³/mol. The number of benzene rings is 1. The van der Waals surface area contributed by atoms with Gasteiger partial charge in [-0.15, -0.1) is 0 Å². The topological polar surface area (TPSA) is 73.8 Å². The van der Waals surface area contributed by atoms with Crippen molar-refractivity contribution in [3.8, 4) is 17.5 Å². The van der Waals surface area contributed by atoms with Crippen LogP contribution in [0.4, 0.5) is 0 Å². The van der Waals surface area contributed by atoms with E-state index in [1.165, 1.54) is 0 Å². The molecular weight excluding hydrogens is 414 g/mol. The summed E-state index contributed by atoms with van der Waals surface area (Å²) in [6, 6.07) is 5.86. The first-order valence-corrected chi connectivity index (χ1v) is 9.51. The van der Waals surface area contributed by atoms with Crippen molar-refractivity contribution in [2.75, 3.05) is 27.3 Å². The summed E-state index contributed by atoms with van der Waals surface area (Å²) in [5.41, 5.74) is 0.886. The number of methoxy groups -OCH3 is 2. The van der Waals surface area contributed by atoms with Gasteiger partial charge in [0.15, 0.2) is 11.5 Å². The molecule has 7 nitrogen and oxygen atoms in total. The van der Waals surface area contributed by atoms with Crippen LogP contribution in [0.5, 0.6) is 17.5 Å². The van der Waals surface area contributed by atoms with Crippen molar-refractivity contribution in [2.45, 2.75) is 25.4 Å². The SMILES string of the molecule is COc1ccc(CC(=O)N2CCCC(Oc3ncc(Br)cn3)C2)cc1OC. The lowest BCUT2D eigenvalue weighted by Crippen LogP contribution is -2.45. The van der Waals surface area contributed by atoms with E-state index in [4.69, 9.17) is 14.2 Å². The van der Waals surface area contributed by atoms with Crippen LogP contribution in [-0.4, -0.2) is 54.2 Å². The maximum atomic E-state index is 12.7. The molecule has 27 heavy (non-hydrogen) atoms. The first-order valence-electron chi connectivity index (χ1n) is 8.72. The van der Waals surface area contributed by atoms with Crippen molar-refractivity contribution in [3.63, 3.8) is 0 Å². The van der Waals surface area contributed by atoms with E-state index in [0.717, 1.165) is 29.4 Å². The second-order valence-corrected chi connectivity index (χ2v) is 7.19. The largest absolute Gasteiger partial charge is 0.493 e. The molecule has 0 N–H and O–H groups in total. The molecule has 8 heteroatoms. The summed E-state index contributed by atoms with van der Waals surface area (Å²) in [7, 11) is 3.17. The number of aromatic nitrogens is 2. The molecule has 1 amide bonds. The first-order chi connectivity index (χ1) is 13.1. The molecule has 1 aliphatic heterocycles. The number of likely N-dealkylation sites (tertiary alicyclic amines) is 1. The van der Waals surface area contributed by atoms with Gasteiger partial charge < -0.3 is 19.1 Å². The number of nitrogens with zero attached hydrogens (tertiary/aromatic N) is 3. The Kier molecular flexibility index (Phi) is 6.49. The normalized spacial score (nSPS) is 16.7. The van der Waals surface area contributed by atoms with E-state index < -0.39 is 0 Å². The van der Waals surface area contributed by atoms with Crippen molar-refractivity contribution in [2.24, 2.45) is 0 Å². The molecule has 0 bridgehead atoms. The third-order valence-electron chi connectivity index (χ3n) is 4.40. The Morgan fingerprint density at radius 2 is 1.96 bits per heavy atom. The van der Waals surface area contributed by atoms with E-state index >= 15 is 0 Å². The molecule has 1 aromatic heterocycles. The van der Waals surface area contributed by atoms with E-state index in [9.17, 15) is 4.79 Å². The summed E-state index contributed by atoms with van der Waals surface area (Å²) in [5.74, 6) is 1.33. The molecule has 0 radical (unpaired) electrons. The second kappa shape index (κ2) is 9.03. The van der Waals surface area contributed by atoms with Gasteiger partial charge in [-0.25, -0.2) is 9.97 Å². The number of carbonyl (C=O) groups is 1. The van der Waals surface area contributed by atoms with Crippen LogP contribution in [0.2, 0.25) is 0 Å². The smallest absolute Gasteiger partial charge is 0.316 e. The molecule has 1 unspecified atom stereocenters. The highest BCUT2D eigenvalue weighted by atomic mass is 79.9. The zero-order chi connectivity index (χ0) is 19.2. The minimum absolute atomic E-state index is 0.0623. The van der Waals surface area contributed by atoms with Crippen molar-refractivity contribution in [1.82, 2.24) is 14.9 Å². The highest BCUT2D eigenvalue weighted by Crippen LogP contribution is 2.28. The van der Waals surface area contributed by atoms with Crippen molar-refractivity contribution < 1.29 is 19.0 Å². The van der Waals surface area contributed by atoms with Gasteiger partial charge in [0.2, 0.25) is 5.91 Å². The molecule has 2 heterocycles. The Labute approximate surface area is 166 Å². The lowest BCUT2D eigenvalue weighted by Gasteiger charge is -2.32. The van der Waals surface area contributed by atoms with E-state index in [1.54, 1.807) is 26.6 Å². The van der Waals surface area contributed by atoms with Crippen molar-refractivity contribution in [3.05, 3.63) is 40.6 Å². The summed E-state index contributed by atoms with van der Waals surface area (Å²) in [4.78, 5) is 22.8. The molecule has 1 fully saturated rings. The van der Waals surface area contributed by atoms with Gasteiger partial charge in [-0.05, 0) is 46.5 Å². The van der Waals surface area contributed by atoms with Crippen LogP contribution >= 0.6 is 15.9 Å². The molecular formula is C19H22BrN3O4. The number of ether oxygens (including phenoxy) is 3. The van der Waals surface area contributed by atoms with Crippen LogP contribution < -0.4 is 14.2 Å². The summed E-state index contributed by atoms with van der Waals surface area (Å²) in [6.45, 7) is 1.26. The molecule has 0 aliphatic carbocycles. The van der Waals surface area contributed by atoms with Gasteiger partial charge in [0, 0.05) is 18.9 Å². The third kappa shape index (κ3) is 5.09. The summed E-state index contributed by atoms with van der Waals surface area (Å²) in [5, 5.41) is 0. The molecule has 1 atom stereocenters. The Hall–Kier alpha value is -2.35. The molecule has 0 saturated carbocycles. The number of hydrogen-bond donors (Lipinski definition) is 0. The molecule has 1 aromatic carbocycles. The van der Waals surface area contributed by atoms with E-state index in [1.807, 2.05) is 23.1 Å². The van der Waals surface area contributed by atoms with Crippen molar-refractivity contribution in [1.29, 1.82) is 0 Å². The second-order valence-electron chi connectivity index (χ2n) is 6.27. The molecule has 144 valence electrons. The summed E-state index contributed by atoms with van der Waals surface area (Å²) in [6.07, 6.45) is 5.26. The Morgan fingerprint density at radius 3 is 2.67 bits per heavy atom. The monoisotopic (exact) mass is 435 g/mol. The number of carbonyl (C=O) groups excluding carboxylic acids is 1. The van der Waals surface area contributed by atoms with Gasteiger partial charge in [0.1, 0.15) is 6.10 Å². The number of piperidine rings is 1. The van der Waals surface area contributed by atoms with Crippen LogP contribution in [0.15, 0.2) is 35.1 Å². The van der Waals surface area contributed by atoms with Gasteiger partial charge >= 0.3 is 6.01 Å². The molecule has 1 saturated heterocycles. The molecule has 2 aromatic rings. The van der Waals surface area contributed by atoms with E-state index in [2.05, 4.69) is 25.9 Å². The van der Waals surface area contributed by atoms with Gasteiger partial charge in [-0.1, -0.05) is 6.07 Å². The highest BCUT2D eigenvalue weighted by molar-refractivity contribution is 9.10. The Bertz CT molecular complexity index is 785. The Morgan fingerprint density at radius 1 is 1.22 bits per heavy atom. The minimum Gasteiger partial charge on any atom is -0.493 e. The average Bonchev–Trinajstić information content (AvgIpc) is 2.70. The van der Waals surface area contributed by atoms with Crippen molar-refractivity contribution >= 4 is 21.8 Å². The van der Waals surface area contributed by atoms with Gasteiger partial charge in [0.25, 0.3) is 0 Å². The van der Waals surface area contributed by atoms with Crippen LogP contribution in [0, 0.1) is 0 Å². The zero-order valence-corrected chi connectivity index (χ0v) is 16.9. The van der Waals surface area contributed by atoms with Crippen LogP contribution in [-0.2, 0) is 11.2 Å². The molecule has 0 spiro atoms. The van der Waals surface area contributed by atoms with Crippen LogP contribution in [0.3, 0.4) is 0 Å². The summed E-state index contributed by atoms with van der Waals surface area (Å²) >= 11 is 3.30.